The first-order valence-electron chi connectivity index (χ1n) is 8.11. The van der Waals surface area contributed by atoms with Gasteiger partial charge >= 0.3 is 0 Å². The molecule has 110 valence electrons. The molecule has 2 saturated carbocycles. The number of ether oxygens (including phenoxy) is 1. The van der Waals surface area contributed by atoms with Gasteiger partial charge in [-0.3, -0.25) is 4.90 Å². The number of nitrogens with zero attached hydrogens (tertiary/aromatic N) is 1. The molecule has 1 saturated heterocycles. The Kier molecular flexibility index (Phi) is 3.65. The van der Waals surface area contributed by atoms with Crippen molar-refractivity contribution in [3.8, 4) is 0 Å². The molecule has 3 aliphatic rings. The first-order valence-corrected chi connectivity index (χ1v) is 8.11. The van der Waals surface area contributed by atoms with E-state index >= 15 is 0 Å². The summed E-state index contributed by atoms with van der Waals surface area (Å²) < 4.78 is 5.54. The summed E-state index contributed by atoms with van der Waals surface area (Å²) in [5.74, 6) is 0.905. The van der Waals surface area contributed by atoms with Gasteiger partial charge in [-0.1, -0.05) is 12.8 Å². The fraction of sp³-hybridized carbons (Fsp3) is 1.00. The van der Waals surface area contributed by atoms with Gasteiger partial charge in [0, 0.05) is 37.8 Å². The molecule has 0 bridgehead atoms. The van der Waals surface area contributed by atoms with Crippen molar-refractivity contribution in [1.29, 1.82) is 0 Å². The highest BCUT2D eigenvalue weighted by Gasteiger charge is 2.52. The Morgan fingerprint density at radius 1 is 1.32 bits per heavy atom. The number of rotatable bonds is 4. The van der Waals surface area contributed by atoms with Gasteiger partial charge in [0.05, 0.1) is 6.10 Å². The van der Waals surface area contributed by atoms with Crippen LogP contribution in [-0.4, -0.2) is 48.8 Å². The van der Waals surface area contributed by atoms with Crippen molar-refractivity contribution in [3.05, 3.63) is 0 Å². The summed E-state index contributed by atoms with van der Waals surface area (Å²) in [5, 5.41) is 3.95. The number of hydrogen-bond donors (Lipinski definition) is 1. The van der Waals surface area contributed by atoms with Crippen molar-refractivity contribution in [1.82, 2.24) is 10.2 Å². The van der Waals surface area contributed by atoms with Crippen LogP contribution in [0.1, 0.15) is 52.4 Å². The van der Waals surface area contributed by atoms with E-state index in [0.29, 0.717) is 17.2 Å². The quantitative estimate of drug-likeness (QED) is 0.845. The predicted octanol–water partition coefficient (Wildman–Crippen LogP) is 2.41. The molecular formula is C16H30N2O. The van der Waals surface area contributed by atoms with Crippen molar-refractivity contribution < 1.29 is 4.74 Å². The molecule has 3 rings (SSSR count). The maximum atomic E-state index is 5.54. The van der Waals surface area contributed by atoms with Crippen molar-refractivity contribution in [3.63, 3.8) is 0 Å². The lowest BCUT2D eigenvalue weighted by atomic mass is 9.83. The van der Waals surface area contributed by atoms with E-state index in [1.54, 1.807) is 0 Å². The molecule has 0 radical (unpaired) electrons. The zero-order valence-corrected chi connectivity index (χ0v) is 12.9. The van der Waals surface area contributed by atoms with Crippen LogP contribution in [-0.2, 0) is 4.74 Å². The highest BCUT2D eigenvalue weighted by molar-refractivity contribution is 5.10. The van der Waals surface area contributed by atoms with Gasteiger partial charge in [-0.25, -0.2) is 0 Å². The lowest BCUT2D eigenvalue weighted by molar-refractivity contribution is -0.0312. The second-order valence-corrected chi connectivity index (χ2v) is 7.40. The third-order valence-electron chi connectivity index (χ3n) is 5.93. The van der Waals surface area contributed by atoms with Crippen LogP contribution in [0.5, 0.6) is 0 Å². The lowest BCUT2D eigenvalue weighted by Gasteiger charge is -2.53. The Morgan fingerprint density at radius 2 is 2.00 bits per heavy atom. The highest BCUT2D eigenvalue weighted by atomic mass is 16.5. The van der Waals surface area contributed by atoms with Crippen molar-refractivity contribution in [2.45, 2.75) is 69.6 Å². The van der Waals surface area contributed by atoms with Gasteiger partial charge in [-0.2, -0.15) is 0 Å². The Morgan fingerprint density at radius 3 is 2.58 bits per heavy atom. The van der Waals surface area contributed by atoms with Crippen molar-refractivity contribution in [2.75, 3.05) is 26.7 Å². The fourth-order valence-corrected chi connectivity index (χ4v) is 4.23. The van der Waals surface area contributed by atoms with Crippen LogP contribution in [0.2, 0.25) is 0 Å². The van der Waals surface area contributed by atoms with Crippen LogP contribution in [0.15, 0.2) is 0 Å². The molecule has 1 aliphatic heterocycles. The van der Waals surface area contributed by atoms with Gasteiger partial charge in [0.15, 0.2) is 0 Å². The summed E-state index contributed by atoms with van der Waals surface area (Å²) in [7, 11) is 1.84. The van der Waals surface area contributed by atoms with Crippen LogP contribution in [0, 0.1) is 5.92 Å². The minimum Gasteiger partial charge on any atom is -0.380 e. The standard InChI is InChI=1S/C16H30N2O/c1-13(19-3)10-18-12-16(8-4-5-9-16)17-11-15(18,2)14-6-7-14/h13-14,17H,4-12H2,1-3H3. The second-order valence-electron chi connectivity index (χ2n) is 7.40. The molecule has 3 nitrogen and oxygen atoms in total. The largest absolute Gasteiger partial charge is 0.380 e. The zero-order valence-electron chi connectivity index (χ0n) is 12.9. The van der Waals surface area contributed by atoms with E-state index < -0.39 is 0 Å². The molecule has 2 unspecified atom stereocenters. The minimum atomic E-state index is 0.342. The van der Waals surface area contributed by atoms with Crippen LogP contribution in [0.3, 0.4) is 0 Å². The Bertz CT molecular complexity index is 323. The molecule has 0 aromatic heterocycles. The summed E-state index contributed by atoms with van der Waals surface area (Å²) in [6.45, 7) is 8.17. The summed E-state index contributed by atoms with van der Waals surface area (Å²) >= 11 is 0. The number of hydrogen-bond acceptors (Lipinski definition) is 3. The number of nitrogens with one attached hydrogen (secondary N) is 1. The summed E-state index contributed by atoms with van der Waals surface area (Å²) in [5.41, 5.74) is 0.780. The van der Waals surface area contributed by atoms with Gasteiger partial charge in [0.25, 0.3) is 0 Å². The van der Waals surface area contributed by atoms with E-state index in [1.165, 1.54) is 51.6 Å². The van der Waals surface area contributed by atoms with E-state index in [1.807, 2.05) is 7.11 Å². The maximum absolute atomic E-state index is 5.54. The molecule has 3 fully saturated rings. The van der Waals surface area contributed by atoms with E-state index in [2.05, 4.69) is 24.1 Å². The average Bonchev–Trinajstić information content (AvgIpc) is 3.17. The van der Waals surface area contributed by atoms with Crippen molar-refractivity contribution in [2.24, 2.45) is 5.92 Å². The third kappa shape index (κ3) is 2.57. The highest BCUT2D eigenvalue weighted by Crippen LogP contribution is 2.46. The maximum Gasteiger partial charge on any atom is 0.0670 e. The lowest BCUT2D eigenvalue weighted by Crippen LogP contribution is -2.70. The molecule has 1 N–H and O–H groups in total. The zero-order chi connectivity index (χ0) is 13.5. The van der Waals surface area contributed by atoms with Crippen LogP contribution in [0.25, 0.3) is 0 Å². The smallest absolute Gasteiger partial charge is 0.0670 e. The average molecular weight is 266 g/mol. The molecule has 19 heavy (non-hydrogen) atoms. The van der Waals surface area contributed by atoms with Gasteiger partial charge in [0.2, 0.25) is 0 Å². The molecule has 3 heteroatoms. The monoisotopic (exact) mass is 266 g/mol. The van der Waals surface area contributed by atoms with Crippen LogP contribution < -0.4 is 5.32 Å². The molecular weight excluding hydrogens is 236 g/mol. The minimum absolute atomic E-state index is 0.342. The topological polar surface area (TPSA) is 24.5 Å². The Hall–Kier alpha value is -0.120. The molecule has 1 heterocycles. The van der Waals surface area contributed by atoms with Gasteiger partial charge in [-0.05, 0) is 45.4 Å². The second kappa shape index (κ2) is 5.01. The number of piperazine rings is 1. The van der Waals surface area contributed by atoms with E-state index in [9.17, 15) is 0 Å². The Labute approximate surface area is 118 Å². The van der Waals surface area contributed by atoms with E-state index in [4.69, 9.17) is 4.74 Å². The predicted molar refractivity (Wildman–Crippen MR) is 78.4 cm³/mol. The molecule has 2 atom stereocenters. The van der Waals surface area contributed by atoms with Crippen LogP contribution >= 0.6 is 0 Å². The summed E-state index contributed by atoms with van der Waals surface area (Å²) in [6, 6.07) is 0. The molecule has 1 spiro atoms. The third-order valence-corrected chi connectivity index (χ3v) is 5.93. The molecule has 0 aromatic carbocycles. The van der Waals surface area contributed by atoms with Gasteiger partial charge in [-0.15, -0.1) is 0 Å². The first kappa shape index (κ1) is 13.8. The molecule has 0 amide bonds. The SMILES string of the molecule is COC(C)CN1CC2(CCCC2)NCC1(C)C1CC1. The molecule has 0 aromatic rings. The summed E-state index contributed by atoms with van der Waals surface area (Å²) in [4.78, 5) is 2.76. The van der Waals surface area contributed by atoms with Crippen LogP contribution in [0.4, 0.5) is 0 Å². The van der Waals surface area contributed by atoms with E-state index in [-0.39, 0.29) is 0 Å². The normalized spacial score (nSPS) is 36.8. The Balaban J connectivity index is 1.75. The first-order chi connectivity index (χ1) is 9.08. The van der Waals surface area contributed by atoms with E-state index in [0.717, 1.165) is 12.5 Å². The number of methoxy groups -OCH3 is 1. The molecule has 2 aliphatic carbocycles. The van der Waals surface area contributed by atoms with Gasteiger partial charge in [0.1, 0.15) is 0 Å². The summed E-state index contributed by atoms with van der Waals surface area (Å²) in [6.07, 6.45) is 8.72. The van der Waals surface area contributed by atoms with Crippen molar-refractivity contribution >= 4 is 0 Å². The van der Waals surface area contributed by atoms with Gasteiger partial charge < -0.3 is 10.1 Å². The fourth-order valence-electron chi connectivity index (χ4n) is 4.23.